The van der Waals surface area contributed by atoms with Crippen molar-refractivity contribution in [1.29, 1.82) is 0 Å². The molecule has 0 aromatic rings. The Bertz CT molecular complexity index is 320. The summed E-state index contributed by atoms with van der Waals surface area (Å²) in [6, 6.07) is 0. The zero-order valence-electron chi connectivity index (χ0n) is 9.30. The van der Waals surface area contributed by atoms with E-state index in [-0.39, 0.29) is 30.9 Å². The van der Waals surface area contributed by atoms with Crippen LogP contribution in [0.15, 0.2) is 12.2 Å². The molecule has 0 unspecified atom stereocenters. The number of imide groups is 1. The molecule has 0 saturated carbocycles. The highest BCUT2D eigenvalue weighted by Crippen LogP contribution is 2.02. The number of likely N-dealkylation sites (N-methyl/N-ethyl adjacent to an activating group) is 1. The molecule has 0 aromatic carbocycles. The van der Waals surface area contributed by atoms with Gasteiger partial charge < -0.3 is 4.74 Å². The Labute approximate surface area is 93.4 Å². The van der Waals surface area contributed by atoms with Crippen LogP contribution in [0.5, 0.6) is 0 Å². The lowest BCUT2D eigenvalue weighted by molar-refractivity contribution is -0.141. The minimum atomic E-state index is -0.347. The molecule has 16 heavy (non-hydrogen) atoms. The molecule has 0 atom stereocenters. The fourth-order valence-electron chi connectivity index (χ4n) is 1.29. The van der Waals surface area contributed by atoms with Gasteiger partial charge in [0.2, 0.25) is 0 Å². The Morgan fingerprint density at radius 2 is 1.94 bits per heavy atom. The van der Waals surface area contributed by atoms with E-state index in [2.05, 4.69) is 4.74 Å². The summed E-state index contributed by atoms with van der Waals surface area (Å²) in [5, 5.41) is 0. The van der Waals surface area contributed by atoms with Gasteiger partial charge in [0.05, 0.1) is 13.7 Å². The van der Waals surface area contributed by atoms with Crippen LogP contribution >= 0.6 is 0 Å². The third-order valence-corrected chi connectivity index (χ3v) is 2.23. The molecular formula is C10H14N2O4. The van der Waals surface area contributed by atoms with Crippen molar-refractivity contribution in [3.8, 4) is 0 Å². The van der Waals surface area contributed by atoms with Gasteiger partial charge in [-0.1, -0.05) is 0 Å². The summed E-state index contributed by atoms with van der Waals surface area (Å²) in [6.07, 6.45) is 2.48. The summed E-state index contributed by atoms with van der Waals surface area (Å²) < 4.78 is 4.49. The number of ether oxygens (including phenoxy) is 1. The number of hydrogen-bond acceptors (Lipinski definition) is 5. The smallest absolute Gasteiger partial charge is 0.319 e. The Balaban J connectivity index is 2.32. The van der Waals surface area contributed by atoms with E-state index in [9.17, 15) is 14.4 Å². The number of carbonyl (C=O) groups excluding carboxylic acids is 3. The number of amides is 2. The molecule has 1 rings (SSSR count). The topological polar surface area (TPSA) is 66.9 Å². The van der Waals surface area contributed by atoms with Crippen molar-refractivity contribution in [3.05, 3.63) is 12.2 Å². The normalized spacial score (nSPS) is 15.1. The van der Waals surface area contributed by atoms with Gasteiger partial charge >= 0.3 is 5.97 Å². The summed E-state index contributed by atoms with van der Waals surface area (Å²) >= 11 is 0. The van der Waals surface area contributed by atoms with Crippen LogP contribution in [0.2, 0.25) is 0 Å². The molecule has 0 aliphatic carbocycles. The van der Waals surface area contributed by atoms with Crippen molar-refractivity contribution in [2.24, 2.45) is 0 Å². The average Bonchev–Trinajstić information content (AvgIpc) is 2.56. The maximum atomic E-state index is 11.2. The summed E-state index contributed by atoms with van der Waals surface area (Å²) in [5.74, 6) is -0.965. The number of hydrogen-bond donors (Lipinski definition) is 0. The van der Waals surface area contributed by atoms with Gasteiger partial charge in [-0.3, -0.25) is 24.2 Å². The Morgan fingerprint density at radius 3 is 2.44 bits per heavy atom. The van der Waals surface area contributed by atoms with E-state index in [1.807, 2.05) is 0 Å². The van der Waals surface area contributed by atoms with Crippen LogP contribution in [0.25, 0.3) is 0 Å². The predicted octanol–water partition coefficient (Wildman–Crippen LogP) is -0.984. The Kier molecular flexibility index (Phi) is 4.19. The van der Waals surface area contributed by atoms with Gasteiger partial charge in [0.25, 0.3) is 11.8 Å². The van der Waals surface area contributed by atoms with E-state index in [4.69, 9.17) is 0 Å². The molecule has 0 radical (unpaired) electrons. The average molecular weight is 226 g/mol. The summed E-state index contributed by atoms with van der Waals surface area (Å²) in [6.45, 7) is 0.854. The Hall–Kier alpha value is -1.69. The fourth-order valence-corrected chi connectivity index (χ4v) is 1.29. The standard InChI is InChI=1S/C10H14N2O4/c1-11(7-10(15)16-2)5-6-12-8(13)3-4-9(12)14/h3-4H,5-7H2,1-2H3. The molecular weight excluding hydrogens is 212 g/mol. The van der Waals surface area contributed by atoms with Crippen molar-refractivity contribution in [1.82, 2.24) is 9.80 Å². The molecule has 1 aliphatic heterocycles. The molecule has 1 aliphatic rings. The highest BCUT2D eigenvalue weighted by atomic mass is 16.5. The van der Waals surface area contributed by atoms with Gasteiger partial charge in [-0.15, -0.1) is 0 Å². The maximum absolute atomic E-state index is 11.2. The second kappa shape index (κ2) is 5.41. The van der Waals surface area contributed by atoms with E-state index >= 15 is 0 Å². The zero-order valence-corrected chi connectivity index (χ0v) is 9.30. The monoisotopic (exact) mass is 226 g/mol. The highest BCUT2D eigenvalue weighted by molar-refractivity contribution is 6.12. The molecule has 1 heterocycles. The molecule has 6 heteroatoms. The van der Waals surface area contributed by atoms with Crippen LogP contribution in [-0.4, -0.2) is 61.4 Å². The lowest BCUT2D eigenvalue weighted by Gasteiger charge is -2.19. The van der Waals surface area contributed by atoms with Crippen LogP contribution < -0.4 is 0 Å². The summed E-state index contributed by atoms with van der Waals surface area (Å²) in [4.78, 5) is 36.1. The molecule has 0 spiro atoms. The minimum absolute atomic E-state index is 0.139. The summed E-state index contributed by atoms with van der Waals surface area (Å²) in [7, 11) is 3.03. The van der Waals surface area contributed by atoms with Gasteiger partial charge in [-0.25, -0.2) is 0 Å². The van der Waals surface area contributed by atoms with E-state index in [0.717, 1.165) is 4.90 Å². The molecule has 0 aromatic heterocycles. The molecule has 0 fully saturated rings. The predicted molar refractivity (Wildman–Crippen MR) is 55.4 cm³/mol. The van der Waals surface area contributed by atoms with Crippen LogP contribution in [0, 0.1) is 0 Å². The third kappa shape index (κ3) is 3.16. The number of carbonyl (C=O) groups is 3. The maximum Gasteiger partial charge on any atom is 0.319 e. The minimum Gasteiger partial charge on any atom is -0.468 e. The van der Waals surface area contributed by atoms with Gasteiger partial charge in [0.15, 0.2) is 0 Å². The first-order chi connectivity index (χ1) is 7.54. The Morgan fingerprint density at radius 1 is 1.38 bits per heavy atom. The van der Waals surface area contributed by atoms with Gasteiger partial charge in [0.1, 0.15) is 0 Å². The van der Waals surface area contributed by atoms with Crippen LogP contribution in [0.1, 0.15) is 0 Å². The number of methoxy groups -OCH3 is 1. The first-order valence-corrected chi connectivity index (χ1v) is 4.83. The van der Waals surface area contributed by atoms with Crippen LogP contribution in [-0.2, 0) is 19.1 Å². The largest absolute Gasteiger partial charge is 0.468 e. The van der Waals surface area contributed by atoms with Crippen LogP contribution in [0.3, 0.4) is 0 Å². The first-order valence-electron chi connectivity index (χ1n) is 4.83. The van der Waals surface area contributed by atoms with E-state index in [1.54, 1.807) is 11.9 Å². The molecule has 88 valence electrons. The number of nitrogens with zero attached hydrogens (tertiary/aromatic N) is 2. The third-order valence-electron chi connectivity index (χ3n) is 2.23. The second-order valence-electron chi connectivity index (χ2n) is 3.48. The quantitative estimate of drug-likeness (QED) is 0.445. The lowest BCUT2D eigenvalue weighted by atomic mass is 10.4. The van der Waals surface area contributed by atoms with Crippen molar-refractivity contribution in [2.75, 3.05) is 33.8 Å². The van der Waals surface area contributed by atoms with Crippen molar-refractivity contribution in [3.63, 3.8) is 0 Å². The fraction of sp³-hybridized carbons (Fsp3) is 0.500. The number of rotatable bonds is 5. The molecule has 0 bridgehead atoms. The van der Waals surface area contributed by atoms with Crippen molar-refractivity contribution >= 4 is 17.8 Å². The zero-order chi connectivity index (χ0) is 12.1. The SMILES string of the molecule is COC(=O)CN(C)CCN1C(=O)C=CC1=O. The van der Waals surface area contributed by atoms with Crippen LogP contribution in [0.4, 0.5) is 0 Å². The van der Waals surface area contributed by atoms with Gasteiger partial charge in [-0.2, -0.15) is 0 Å². The van der Waals surface area contributed by atoms with E-state index in [1.165, 1.54) is 19.3 Å². The molecule has 6 nitrogen and oxygen atoms in total. The first kappa shape index (κ1) is 12.4. The van der Waals surface area contributed by atoms with Gasteiger partial charge in [0, 0.05) is 25.2 Å². The molecule has 0 saturated heterocycles. The lowest BCUT2D eigenvalue weighted by Crippen LogP contribution is -2.38. The van der Waals surface area contributed by atoms with E-state index in [0.29, 0.717) is 6.54 Å². The van der Waals surface area contributed by atoms with Crippen molar-refractivity contribution in [2.45, 2.75) is 0 Å². The van der Waals surface area contributed by atoms with E-state index < -0.39 is 0 Å². The molecule has 2 amide bonds. The summed E-state index contributed by atoms with van der Waals surface area (Å²) in [5.41, 5.74) is 0. The van der Waals surface area contributed by atoms with Crippen molar-refractivity contribution < 1.29 is 19.1 Å². The van der Waals surface area contributed by atoms with Gasteiger partial charge in [-0.05, 0) is 7.05 Å². The highest BCUT2D eigenvalue weighted by Gasteiger charge is 2.23. The number of esters is 1. The molecule has 0 N–H and O–H groups in total. The second-order valence-corrected chi connectivity index (χ2v) is 3.48.